The molecule has 0 aliphatic heterocycles. The molecule has 0 unspecified atom stereocenters. The summed E-state index contributed by atoms with van der Waals surface area (Å²) in [6.45, 7) is 0. The van der Waals surface area contributed by atoms with Crippen LogP contribution in [0.25, 0.3) is 0 Å². The van der Waals surface area contributed by atoms with Crippen LogP contribution in [0, 0.1) is 0 Å². The van der Waals surface area contributed by atoms with Gasteiger partial charge in [-0.1, -0.05) is 0 Å². The van der Waals surface area contributed by atoms with Gasteiger partial charge in [0, 0.05) is 50.3 Å². The van der Waals surface area contributed by atoms with E-state index < -0.39 is 0 Å². The van der Waals surface area contributed by atoms with Crippen LogP contribution in [-0.4, -0.2) is 34.6 Å². The van der Waals surface area contributed by atoms with Crippen LogP contribution < -0.4 is 0 Å². The minimum absolute atomic E-state index is 0. The molecule has 0 aromatic heterocycles. The number of hydrogen-bond donors (Lipinski definition) is 0. The van der Waals surface area contributed by atoms with Crippen LogP contribution in [0.1, 0.15) is 0 Å². The van der Waals surface area contributed by atoms with Gasteiger partial charge < -0.3 is 0 Å². The molecule has 0 heterocycles. The zero-order valence-electron chi connectivity index (χ0n) is 3.75. The number of rotatable bonds is 0. The second-order valence-electron chi connectivity index (χ2n) is 0.707. The Morgan fingerprint density at radius 1 is 1.00 bits per heavy atom. The fourth-order valence-corrected chi connectivity index (χ4v) is 0. The molecule has 0 N–H and O–H groups in total. The SMILES string of the molecule is [Cr].[Ni].[Ni].[SiH3][Mg][SiH3]. The van der Waals surface area contributed by atoms with Crippen LogP contribution in [0.2, 0.25) is 0 Å². The Kier molecular flexibility index (Phi) is 98.0. The smallest absolute Gasteiger partial charge is 0.106 e. The molecule has 0 radical (unpaired) electrons. The molecule has 0 aliphatic carbocycles. The van der Waals surface area contributed by atoms with E-state index in [9.17, 15) is 0 Å². The molecular weight excluding hydrogens is 250 g/mol. The van der Waals surface area contributed by atoms with Gasteiger partial charge in [-0.05, 0) is 0 Å². The third-order valence-electron chi connectivity index (χ3n) is 0. The Hall–Kier alpha value is 2.72. The Balaban J connectivity index is -0.00000000667. The van der Waals surface area contributed by atoms with E-state index in [1.165, 1.54) is 0 Å². The molecule has 0 saturated heterocycles. The van der Waals surface area contributed by atoms with Crippen molar-refractivity contribution >= 4 is 34.6 Å². The summed E-state index contributed by atoms with van der Waals surface area (Å²) in [4.78, 5) is 0. The van der Waals surface area contributed by atoms with E-state index in [2.05, 4.69) is 0 Å². The molecule has 6 heteroatoms. The van der Waals surface area contributed by atoms with Crippen LogP contribution in [0.15, 0.2) is 0 Å². The molecule has 0 nitrogen and oxygen atoms in total. The molecule has 42 valence electrons. The molecule has 0 saturated carbocycles. The van der Waals surface area contributed by atoms with Gasteiger partial charge in [0.2, 0.25) is 0 Å². The summed E-state index contributed by atoms with van der Waals surface area (Å²) in [5, 5.41) is 0. The normalized spacial score (nSPS) is 2.67. The molecular formula is H6CrMgNi2Si2. The van der Waals surface area contributed by atoms with E-state index >= 15 is 0 Å². The molecule has 0 atom stereocenters. The van der Waals surface area contributed by atoms with Gasteiger partial charge in [-0.15, -0.1) is 15.8 Å². The maximum Gasteiger partial charge on any atom is 0.337 e. The summed E-state index contributed by atoms with van der Waals surface area (Å²) >= 11 is 0.694. The summed E-state index contributed by atoms with van der Waals surface area (Å²) < 4.78 is 0. The van der Waals surface area contributed by atoms with Gasteiger partial charge in [0.15, 0.2) is 0 Å². The molecule has 0 aliphatic rings. The third-order valence-corrected chi connectivity index (χ3v) is 0. The van der Waals surface area contributed by atoms with Crippen LogP contribution in [0.4, 0.5) is 0 Å². The van der Waals surface area contributed by atoms with Gasteiger partial charge in [-0.3, -0.25) is 0 Å². The molecule has 0 amide bonds. The van der Waals surface area contributed by atoms with Crippen molar-refractivity contribution in [1.29, 1.82) is 0 Å². The molecule has 0 bridgehead atoms. The van der Waals surface area contributed by atoms with Crippen molar-refractivity contribution in [1.82, 2.24) is 0 Å². The molecule has 0 aromatic rings. The summed E-state index contributed by atoms with van der Waals surface area (Å²) in [6, 6.07) is 0. The first-order valence-electron chi connectivity index (χ1n) is 1.41. The number of hydrogen-bond acceptors (Lipinski definition) is 0. The predicted molar refractivity (Wildman–Crippen MR) is 25.6 cm³/mol. The van der Waals surface area contributed by atoms with Gasteiger partial charge in [-0.2, -0.15) is 0 Å². The monoisotopic (exact) mass is 254 g/mol. The minimum atomic E-state index is 0. The van der Waals surface area contributed by atoms with E-state index in [0.717, 1.165) is 0 Å². The summed E-state index contributed by atoms with van der Waals surface area (Å²) in [7, 11) is 3.14. The van der Waals surface area contributed by atoms with Crippen LogP contribution >= 0.6 is 0 Å². The van der Waals surface area contributed by atoms with E-state index in [0.29, 0.717) is 18.8 Å². The van der Waals surface area contributed by atoms with E-state index in [1.54, 1.807) is 15.8 Å². The van der Waals surface area contributed by atoms with Gasteiger partial charge in [0.05, 0.1) is 0 Å². The molecule has 0 rings (SSSR count). The van der Waals surface area contributed by atoms with Crippen LogP contribution in [-0.2, 0) is 50.3 Å². The van der Waals surface area contributed by atoms with Gasteiger partial charge in [0.25, 0.3) is 0 Å². The van der Waals surface area contributed by atoms with Gasteiger partial charge in [-0.25, -0.2) is 0 Å². The fourth-order valence-electron chi connectivity index (χ4n) is 0. The molecule has 0 spiro atoms. The van der Waals surface area contributed by atoms with Crippen molar-refractivity contribution in [3.05, 3.63) is 0 Å². The van der Waals surface area contributed by atoms with E-state index in [-0.39, 0.29) is 50.3 Å². The first-order valence-corrected chi connectivity index (χ1v) is 12.7. The fraction of sp³-hybridized carbons (Fsp3) is 0. The van der Waals surface area contributed by atoms with Crippen molar-refractivity contribution in [3.63, 3.8) is 0 Å². The molecule has 0 aromatic carbocycles. The van der Waals surface area contributed by atoms with Crippen molar-refractivity contribution in [2.45, 2.75) is 0 Å². The Morgan fingerprint density at radius 2 is 1.00 bits per heavy atom. The maximum absolute atomic E-state index is 1.57. The van der Waals surface area contributed by atoms with Crippen molar-refractivity contribution in [2.75, 3.05) is 0 Å². The topological polar surface area (TPSA) is 0 Å². The zero-order valence-corrected chi connectivity index (χ0v) is 12.4. The third kappa shape index (κ3) is 29.7. The quantitative estimate of drug-likeness (QED) is 0.412. The standard InChI is InChI=1S/Cr.Mg.2Ni.2H3Si/h;;;;2*1H3. The average molecular weight is 256 g/mol. The first kappa shape index (κ1) is 23.3. The van der Waals surface area contributed by atoms with E-state index in [4.69, 9.17) is 0 Å². The summed E-state index contributed by atoms with van der Waals surface area (Å²) in [5.41, 5.74) is 0. The van der Waals surface area contributed by atoms with Gasteiger partial charge in [0.1, 0.15) is 0 Å². The Morgan fingerprint density at radius 3 is 1.00 bits per heavy atom. The van der Waals surface area contributed by atoms with Crippen molar-refractivity contribution in [2.24, 2.45) is 0 Å². The summed E-state index contributed by atoms with van der Waals surface area (Å²) in [6.07, 6.45) is 0. The largest absolute Gasteiger partial charge is 0.337 e. The van der Waals surface area contributed by atoms with Crippen LogP contribution in [0.3, 0.4) is 0 Å². The van der Waals surface area contributed by atoms with Crippen LogP contribution in [0.5, 0.6) is 0 Å². The maximum atomic E-state index is 1.57. The zero-order chi connectivity index (χ0) is 2.71. The predicted octanol–water partition coefficient (Wildman–Crippen LogP) is -2.76. The summed E-state index contributed by atoms with van der Waals surface area (Å²) in [5.74, 6) is 0. The molecule has 0 fully saturated rings. The second-order valence-corrected chi connectivity index (χ2v) is 19.1. The Bertz CT molecular complexity index is 11.5. The average Bonchev–Trinajstić information content (AvgIpc) is 0.918. The second kappa shape index (κ2) is 25.2. The van der Waals surface area contributed by atoms with Gasteiger partial charge >= 0.3 is 18.8 Å². The minimum Gasteiger partial charge on any atom is -0.106 e. The molecule has 6 heavy (non-hydrogen) atoms. The first-order chi connectivity index (χ1) is 1.41. The van der Waals surface area contributed by atoms with Crippen molar-refractivity contribution < 1.29 is 50.3 Å². The van der Waals surface area contributed by atoms with E-state index in [1.807, 2.05) is 0 Å². The van der Waals surface area contributed by atoms with Crippen molar-refractivity contribution in [3.8, 4) is 0 Å². The Labute approximate surface area is 83.8 Å².